The van der Waals surface area contributed by atoms with Crippen LogP contribution >= 0.6 is 0 Å². The van der Waals surface area contributed by atoms with Crippen LogP contribution in [0, 0.1) is 5.82 Å². The molecular weight excluding hydrogens is 403 g/mol. The number of nitrogens with one attached hydrogen (secondary N) is 1. The van der Waals surface area contributed by atoms with Gasteiger partial charge in [-0.1, -0.05) is 19.6 Å². The lowest BCUT2D eigenvalue weighted by molar-refractivity contribution is 0.282. The van der Waals surface area contributed by atoms with Gasteiger partial charge in [0, 0.05) is 35.5 Å². The Morgan fingerprint density at radius 2 is 1.88 bits per heavy atom. The number of halogens is 1. The van der Waals surface area contributed by atoms with Crippen molar-refractivity contribution in [3.05, 3.63) is 83.8 Å². The van der Waals surface area contributed by atoms with Crippen LogP contribution in [-0.4, -0.2) is 24.7 Å². The number of hydrogen-bond donors (Lipinski definition) is 1. The maximum atomic E-state index is 13.3. The molecule has 1 saturated carbocycles. The van der Waals surface area contributed by atoms with Crippen LogP contribution in [0.4, 0.5) is 4.39 Å². The molecule has 1 aliphatic rings. The van der Waals surface area contributed by atoms with E-state index in [1.165, 1.54) is 12.1 Å². The normalized spacial score (nSPS) is 13.0. The van der Waals surface area contributed by atoms with Crippen LogP contribution < -0.4 is 14.8 Å². The summed E-state index contributed by atoms with van der Waals surface area (Å²) in [5.41, 5.74) is 5.77. The minimum Gasteiger partial charge on any atom is -0.493 e. The van der Waals surface area contributed by atoms with Gasteiger partial charge in [0.25, 0.3) is 0 Å². The third-order valence-corrected chi connectivity index (χ3v) is 5.58. The first kappa shape index (κ1) is 21.9. The van der Waals surface area contributed by atoms with E-state index in [-0.39, 0.29) is 5.82 Å². The topological polar surface area (TPSA) is 43.4 Å². The highest BCUT2D eigenvalue weighted by Crippen LogP contribution is 2.35. The molecule has 4 nitrogen and oxygen atoms in total. The monoisotopic (exact) mass is 432 g/mol. The number of nitrogens with zero attached hydrogens (tertiary/aromatic N) is 1. The second-order valence-electron chi connectivity index (χ2n) is 8.01. The van der Waals surface area contributed by atoms with Gasteiger partial charge in [-0.05, 0) is 73.4 Å². The van der Waals surface area contributed by atoms with E-state index in [0.29, 0.717) is 12.6 Å². The molecule has 0 radical (unpaired) electrons. The Labute approximate surface area is 189 Å². The van der Waals surface area contributed by atoms with Crippen molar-refractivity contribution in [1.29, 1.82) is 0 Å². The summed E-state index contributed by atoms with van der Waals surface area (Å²) in [6, 6.07) is 16.6. The molecule has 1 heterocycles. The fourth-order valence-electron chi connectivity index (χ4n) is 3.57. The lowest BCUT2D eigenvalue weighted by Crippen LogP contribution is -2.16. The third-order valence-electron chi connectivity index (χ3n) is 5.58. The lowest BCUT2D eigenvalue weighted by atomic mass is 10.0. The van der Waals surface area contributed by atoms with Gasteiger partial charge in [0.15, 0.2) is 11.5 Å². The third kappa shape index (κ3) is 5.28. The van der Waals surface area contributed by atoms with Crippen molar-refractivity contribution >= 4 is 5.70 Å². The zero-order valence-corrected chi connectivity index (χ0v) is 18.7. The standard InChI is InChI=1S/C27H29FN2O2/c1-4-19-7-11-23(30-27(19)20-5-9-22(28)10-6-20)15-16-29-18(2)21-8-14-25(26(17-21)31-3)32-24-12-13-24/h5-11,14,17,24,29H,2,4,12-13,15-16H2,1,3H3. The van der Waals surface area contributed by atoms with Crippen LogP contribution in [0.5, 0.6) is 11.5 Å². The molecule has 0 bridgehead atoms. The smallest absolute Gasteiger partial charge is 0.161 e. The van der Waals surface area contributed by atoms with Crippen LogP contribution in [0.15, 0.2) is 61.2 Å². The Kier molecular flexibility index (Phi) is 6.74. The molecule has 4 rings (SSSR count). The molecule has 1 N–H and O–H groups in total. The van der Waals surface area contributed by atoms with E-state index >= 15 is 0 Å². The Morgan fingerprint density at radius 1 is 1.09 bits per heavy atom. The van der Waals surface area contributed by atoms with Gasteiger partial charge in [-0.25, -0.2) is 4.39 Å². The quantitative estimate of drug-likeness (QED) is 0.440. The van der Waals surface area contributed by atoms with Crippen LogP contribution in [-0.2, 0) is 12.8 Å². The number of hydrogen-bond acceptors (Lipinski definition) is 4. The number of rotatable bonds is 10. The highest BCUT2D eigenvalue weighted by molar-refractivity contribution is 5.65. The van der Waals surface area contributed by atoms with Crippen molar-refractivity contribution in [2.45, 2.75) is 38.7 Å². The highest BCUT2D eigenvalue weighted by atomic mass is 19.1. The Hall–Kier alpha value is -3.34. The maximum Gasteiger partial charge on any atom is 0.161 e. The molecule has 0 saturated heterocycles. The molecule has 2 aromatic carbocycles. The van der Waals surface area contributed by atoms with Crippen molar-refractivity contribution in [3.8, 4) is 22.8 Å². The first-order valence-corrected chi connectivity index (χ1v) is 11.1. The predicted molar refractivity (Wildman–Crippen MR) is 126 cm³/mol. The fourth-order valence-corrected chi connectivity index (χ4v) is 3.57. The Balaban J connectivity index is 1.40. The second-order valence-corrected chi connectivity index (χ2v) is 8.01. The molecule has 1 aliphatic carbocycles. The molecule has 0 amide bonds. The zero-order valence-electron chi connectivity index (χ0n) is 18.7. The minimum atomic E-state index is -0.241. The first-order valence-electron chi connectivity index (χ1n) is 11.1. The average Bonchev–Trinajstić information content (AvgIpc) is 3.64. The summed E-state index contributed by atoms with van der Waals surface area (Å²) in [6.07, 6.45) is 4.15. The van der Waals surface area contributed by atoms with Crippen molar-refractivity contribution in [2.75, 3.05) is 13.7 Å². The molecule has 0 atom stereocenters. The van der Waals surface area contributed by atoms with Gasteiger partial charge in [-0.15, -0.1) is 0 Å². The number of methoxy groups -OCH3 is 1. The van der Waals surface area contributed by atoms with Crippen molar-refractivity contribution in [3.63, 3.8) is 0 Å². The number of benzene rings is 2. The largest absolute Gasteiger partial charge is 0.493 e. The number of aryl methyl sites for hydroxylation is 1. The van der Waals surface area contributed by atoms with Gasteiger partial charge < -0.3 is 14.8 Å². The van der Waals surface area contributed by atoms with Crippen LogP contribution in [0.1, 0.15) is 36.6 Å². The lowest BCUT2D eigenvalue weighted by Gasteiger charge is -2.14. The van der Waals surface area contributed by atoms with E-state index in [4.69, 9.17) is 14.5 Å². The van der Waals surface area contributed by atoms with Gasteiger partial charge in [0.05, 0.1) is 18.9 Å². The Bertz CT molecular complexity index is 1090. The minimum absolute atomic E-state index is 0.241. The van der Waals surface area contributed by atoms with E-state index in [1.54, 1.807) is 19.2 Å². The Morgan fingerprint density at radius 3 is 2.56 bits per heavy atom. The summed E-state index contributed by atoms with van der Waals surface area (Å²) in [6.45, 7) is 6.97. The summed E-state index contributed by atoms with van der Waals surface area (Å²) >= 11 is 0. The van der Waals surface area contributed by atoms with Crippen molar-refractivity contribution in [2.24, 2.45) is 0 Å². The van der Waals surface area contributed by atoms with E-state index in [0.717, 1.165) is 71.0 Å². The summed E-state index contributed by atoms with van der Waals surface area (Å²) in [7, 11) is 1.65. The number of pyridine rings is 1. The molecule has 1 aromatic heterocycles. The molecule has 1 fully saturated rings. The summed E-state index contributed by atoms with van der Waals surface area (Å²) in [5, 5.41) is 3.39. The van der Waals surface area contributed by atoms with Crippen molar-refractivity contribution < 1.29 is 13.9 Å². The molecular formula is C27H29FN2O2. The molecule has 0 spiro atoms. The highest BCUT2D eigenvalue weighted by Gasteiger charge is 2.25. The molecule has 0 aliphatic heterocycles. The summed E-state index contributed by atoms with van der Waals surface area (Å²) in [5.74, 6) is 1.26. The van der Waals surface area contributed by atoms with Gasteiger partial charge in [0.1, 0.15) is 5.82 Å². The first-order chi connectivity index (χ1) is 15.6. The van der Waals surface area contributed by atoms with Gasteiger partial charge in [0.2, 0.25) is 0 Å². The average molecular weight is 433 g/mol. The second kappa shape index (κ2) is 9.86. The fraction of sp³-hybridized carbons (Fsp3) is 0.296. The van der Waals surface area contributed by atoms with Crippen LogP contribution in [0.25, 0.3) is 17.0 Å². The summed E-state index contributed by atoms with van der Waals surface area (Å²) < 4.78 is 24.7. The SMILES string of the molecule is C=C(NCCc1ccc(CC)c(-c2ccc(F)cc2)n1)c1ccc(OC2CC2)c(OC)c1. The molecule has 32 heavy (non-hydrogen) atoms. The number of ether oxygens (including phenoxy) is 2. The summed E-state index contributed by atoms with van der Waals surface area (Å²) in [4.78, 5) is 4.86. The van der Waals surface area contributed by atoms with E-state index in [1.807, 2.05) is 18.2 Å². The van der Waals surface area contributed by atoms with Gasteiger partial charge in [-0.2, -0.15) is 0 Å². The predicted octanol–water partition coefficient (Wildman–Crippen LogP) is 5.80. The van der Waals surface area contributed by atoms with E-state index < -0.39 is 0 Å². The molecule has 166 valence electrons. The molecule has 0 unspecified atom stereocenters. The molecule has 5 heteroatoms. The van der Waals surface area contributed by atoms with Crippen molar-refractivity contribution in [1.82, 2.24) is 10.3 Å². The van der Waals surface area contributed by atoms with E-state index in [9.17, 15) is 4.39 Å². The number of aromatic nitrogens is 1. The van der Waals surface area contributed by atoms with Crippen LogP contribution in [0.2, 0.25) is 0 Å². The van der Waals surface area contributed by atoms with Gasteiger partial charge in [-0.3, -0.25) is 4.98 Å². The van der Waals surface area contributed by atoms with Crippen LogP contribution in [0.3, 0.4) is 0 Å². The van der Waals surface area contributed by atoms with Gasteiger partial charge >= 0.3 is 0 Å². The molecule has 3 aromatic rings. The zero-order chi connectivity index (χ0) is 22.5. The van der Waals surface area contributed by atoms with E-state index in [2.05, 4.69) is 31.0 Å². The maximum absolute atomic E-state index is 13.3.